The van der Waals surface area contributed by atoms with Crippen LogP contribution in [0.25, 0.3) is 0 Å². The van der Waals surface area contributed by atoms with Gasteiger partial charge in [-0.05, 0) is 24.3 Å². The number of aromatic nitrogens is 2. The number of benzene rings is 1. The number of nitrogens with one attached hydrogen (secondary N) is 1. The van der Waals surface area contributed by atoms with Gasteiger partial charge in [0.2, 0.25) is 0 Å². The highest BCUT2D eigenvalue weighted by Crippen LogP contribution is 2.20. The monoisotopic (exact) mass is 264 g/mol. The molecular weight excluding hydrogens is 252 g/mol. The third-order valence-electron chi connectivity index (χ3n) is 2.29. The Balaban J connectivity index is 2.24. The van der Waals surface area contributed by atoms with Crippen molar-refractivity contribution in [2.75, 3.05) is 17.3 Å². The zero-order chi connectivity index (χ0) is 13.2. The first-order chi connectivity index (χ1) is 8.47. The van der Waals surface area contributed by atoms with Crippen molar-refractivity contribution in [1.29, 1.82) is 0 Å². The number of hydrogen-bond donors (Lipinski definition) is 2. The van der Waals surface area contributed by atoms with Gasteiger partial charge < -0.3 is 11.1 Å². The van der Waals surface area contributed by atoms with Gasteiger partial charge in [0.05, 0.1) is 16.8 Å². The zero-order valence-corrected chi connectivity index (χ0v) is 10.5. The molecule has 94 valence electrons. The van der Waals surface area contributed by atoms with Gasteiger partial charge in [-0.2, -0.15) is 0 Å². The summed E-state index contributed by atoms with van der Waals surface area (Å²) in [6.07, 6.45) is 4.03. The van der Waals surface area contributed by atoms with Gasteiger partial charge in [0.1, 0.15) is 6.33 Å². The standard InChI is InChI=1S/C11H12N4O2S/c1-18(16,17)9-4-2-8(3-5-9)15-11-10(12)6-13-7-14-11/h2-7H,12H2,1H3,(H,13,14,15). The first-order valence-electron chi connectivity index (χ1n) is 5.09. The number of hydrogen-bond acceptors (Lipinski definition) is 6. The summed E-state index contributed by atoms with van der Waals surface area (Å²) in [7, 11) is -3.18. The van der Waals surface area contributed by atoms with Crippen LogP contribution in [0.5, 0.6) is 0 Å². The van der Waals surface area contributed by atoms with E-state index in [2.05, 4.69) is 15.3 Å². The molecule has 6 nitrogen and oxygen atoms in total. The summed E-state index contributed by atoms with van der Waals surface area (Å²) in [5.74, 6) is 0.483. The van der Waals surface area contributed by atoms with Crippen LogP contribution in [0, 0.1) is 0 Å². The molecule has 0 bridgehead atoms. The first-order valence-corrected chi connectivity index (χ1v) is 6.98. The maximum atomic E-state index is 11.3. The molecule has 2 aromatic rings. The minimum absolute atomic E-state index is 0.267. The molecule has 0 aliphatic rings. The van der Waals surface area contributed by atoms with E-state index in [9.17, 15) is 8.42 Å². The quantitative estimate of drug-likeness (QED) is 0.864. The third kappa shape index (κ3) is 2.75. The van der Waals surface area contributed by atoms with E-state index in [1.165, 1.54) is 24.7 Å². The largest absolute Gasteiger partial charge is 0.394 e. The minimum atomic E-state index is -3.18. The summed E-state index contributed by atoms with van der Waals surface area (Å²) in [6.45, 7) is 0. The molecule has 1 aromatic carbocycles. The maximum absolute atomic E-state index is 11.3. The van der Waals surface area contributed by atoms with Crippen LogP contribution >= 0.6 is 0 Å². The highest BCUT2D eigenvalue weighted by atomic mass is 32.2. The molecule has 1 heterocycles. The lowest BCUT2D eigenvalue weighted by atomic mass is 10.3. The molecule has 18 heavy (non-hydrogen) atoms. The van der Waals surface area contributed by atoms with E-state index >= 15 is 0 Å². The van der Waals surface area contributed by atoms with Gasteiger partial charge in [0.25, 0.3) is 0 Å². The summed E-state index contributed by atoms with van der Waals surface area (Å²) in [6, 6.07) is 6.35. The second-order valence-electron chi connectivity index (χ2n) is 3.75. The average Bonchev–Trinajstić information content (AvgIpc) is 2.32. The van der Waals surface area contributed by atoms with Crippen LogP contribution in [0.4, 0.5) is 17.2 Å². The Bertz CT molecular complexity index is 653. The molecule has 0 aliphatic heterocycles. The third-order valence-corrected chi connectivity index (χ3v) is 3.41. The van der Waals surface area contributed by atoms with Gasteiger partial charge in [-0.25, -0.2) is 18.4 Å². The summed E-state index contributed by atoms with van der Waals surface area (Å²) >= 11 is 0. The van der Waals surface area contributed by atoms with Crippen LogP contribution in [0.15, 0.2) is 41.7 Å². The fourth-order valence-corrected chi connectivity index (χ4v) is 2.00. The number of rotatable bonds is 3. The molecule has 0 aliphatic carbocycles. The van der Waals surface area contributed by atoms with Crippen molar-refractivity contribution in [2.24, 2.45) is 0 Å². The van der Waals surface area contributed by atoms with Crippen molar-refractivity contribution in [1.82, 2.24) is 9.97 Å². The van der Waals surface area contributed by atoms with Crippen molar-refractivity contribution in [2.45, 2.75) is 4.90 Å². The normalized spacial score (nSPS) is 11.2. The van der Waals surface area contributed by atoms with Gasteiger partial charge in [0.15, 0.2) is 15.7 Å². The minimum Gasteiger partial charge on any atom is -0.394 e. The molecule has 2 rings (SSSR count). The van der Waals surface area contributed by atoms with Crippen LogP contribution in [0.1, 0.15) is 0 Å². The van der Waals surface area contributed by atoms with E-state index in [1.807, 2.05) is 0 Å². The zero-order valence-electron chi connectivity index (χ0n) is 9.66. The molecule has 0 unspecified atom stereocenters. The van der Waals surface area contributed by atoms with Crippen molar-refractivity contribution in [3.05, 3.63) is 36.8 Å². The Hall–Kier alpha value is -2.15. The second-order valence-corrected chi connectivity index (χ2v) is 5.76. The van der Waals surface area contributed by atoms with Crippen molar-refractivity contribution in [3.63, 3.8) is 0 Å². The fourth-order valence-electron chi connectivity index (χ4n) is 1.37. The maximum Gasteiger partial charge on any atom is 0.175 e. The Kier molecular flexibility index (Phi) is 3.15. The molecule has 0 saturated carbocycles. The van der Waals surface area contributed by atoms with E-state index in [-0.39, 0.29) is 4.90 Å². The molecule has 7 heteroatoms. The van der Waals surface area contributed by atoms with E-state index in [1.54, 1.807) is 12.1 Å². The molecule has 0 fully saturated rings. The predicted octanol–water partition coefficient (Wildman–Crippen LogP) is 1.21. The van der Waals surface area contributed by atoms with Crippen molar-refractivity contribution < 1.29 is 8.42 Å². The highest BCUT2D eigenvalue weighted by molar-refractivity contribution is 7.90. The topological polar surface area (TPSA) is 98.0 Å². The highest BCUT2D eigenvalue weighted by Gasteiger charge is 2.06. The summed E-state index contributed by atoms with van der Waals surface area (Å²) in [5.41, 5.74) is 6.81. The molecule has 3 N–H and O–H groups in total. The Morgan fingerprint density at radius 2 is 1.89 bits per heavy atom. The Morgan fingerprint density at radius 1 is 1.22 bits per heavy atom. The van der Waals surface area contributed by atoms with Gasteiger partial charge in [-0.1, -0.05) is 0 Å². The van der Waals surface area contributed by atoms with Crippen LogP contribution in [0.2, 0.25) is 0 Å². The molecule has 0 saturated heterocycles. The molecule has 0 spiro atoms. The lowest BCUT2D eigenvalue weighted by Crippen LogP contribution is -2.00. The fraction of sp³-hybridized carbons (Fsp3) is 0.0909. The predicted molar refractivity (Wildman–Crippen MR) is 69.3 cm³/mol. The van der Waals surface area contributed by atoms with E-state index in [0.29, 0.717) is 17.2 Å². The summed E-state index contributed by atoms with van der Waals surface area (Å²) < 4.78 is 22.6. The number of anilines is 3. The molecule has 0 amide bonds. The Morgan fingerprint density at radius 3 is 2.44 bits per heavy atom. The van der Waals surface area contributed by atoms with E-state index < -0.39 is 9.84 Å². The first kappa shape index (κ1) is 12.3. The smallest absolute Gasteiger partial charge is 0.175 e. The van der Waals surface area contributed by atoms with Crippen LogP contribution in [0.3, 0.4) is 0 Å². The van der Waals surface area contributed by atoms with Crippen LogP contribution < -0.4 is 11.1 Å². The van der Waals surface area contributed by atoms with Crippen molar-refractivity contribution >= 4 is 27.0 Å². The number of sulfone groups is 1. The SMILES string of the molecule is CS(=O)(=O)c1ccc(Nc2ncncc2N)cc1. The van der Waals surface area contributed by atoms with Crippen LogP contribution in [-0.4, -0.2) is 24.6 Å². The van der Waals surface area contributed by atoms with E-state index in [0.717, 1.165) is 6.26 Å². The van der Waals surface area contributed by atoms with E-state index in [4.69, 9.17) is 5.73 Å². The lowest BCUT2D eigenvalue weighted by molar-refractivity contribution is 0.602. The van der Waals surface area contributed by atoms with Crippen LogP contribution in [-0.2, 0) is 9.84 Å². The second kappa shape index (κ2) is 4.61. The average molecular weight is 264 g/mol. The molecule has 0 radical (unpaired) electrons. The van der Waals surface area contributed by atoms with Gasteiger partial charge in [-0.15, -0.1) is 0 Å². The molecular formula is C11H12N4O2S. The van der Waals surface area contributed by atoms with Crippen molar-refractivity contribution in [3.8, 4) is 0 Å². The molecule has 1 aromatic heterocycles. The summed E-state index contributed by atoms with van der Waals surface area (Å²) in [5, 5.41) is 2.98. The summed E-state index contributed by atoms with van der Waals surface area (Å²) in [4.78, 5) is 8.02. The van der Waals surface area contributed by atoms with Gasteiger partial charge in [-0.3, -0.25) is 0 Å². The number of nitrogens with two attached hydrogens (primary N) is 1. The van der Waals surface area contributed by atoms with Gasteiger partial charge >= 0.3 is 0 Å². The Labute approximate surface area is 105 Å². The molecule has 0 atom stereocenters. The van der Waals surface area contributed by atoms with Gasteiger partial charge in [0, 0.05) is 11.9 Å². The number of nitrogens with zero attached hydrogens (tertiary/aromatic N) is 2. The lowest BCUT2D eigenvalue weighted by Gasteiger charge is -2.07. The number of nitrogen functional groups attached to an aromatic ring is 1.